The molecule has 0 radical (unpaired) electrons. The van der Waals surface area contributed by atoms with E-state index in [1.807, 2.05) is 32.0 Å². The molecule has 1 amide bonds. The van der Waals surface area contributed by atoms with E-state index in [0.717, 1.165) is 35.9 Å². The predicted molar refractivity (Wildman–Crippen MR) is 119 cm³/mol. The molecule has 0 aliphatic heterocycles. The Balaban J connectivity index is 0.000000399. The largest absolute Gasteiger partial charge is 0.465 e. The quantitative estimate of drug-likeness (QED) is 0.311. The summed E-state index contributed by atoms with van der Waals surface area (Å²) in [4.78, 5) is 25.4. The van der Waals surface area contributed by atoms with E-state index in [1.54, 1.807) is 13.0 Å². The fourth-order valence-corrected chi connectivity index (χ4v) is 3.26. The highest BCUT2D eigenvalue weighted by atomic mass is 35.5. The molecule has 8 nitrogen and oxygen atoms in total. The van der Waals surface area contributed by atoms with Crippen molar-refractivity contribution in [1.29, 1.82) is 0 Å². The van der Waals surface area contributed by atoms with Crippen molar-refractivity contribution in [3.63, 3.8) is 0 Å². The van der Waals surface area contributed by atoms with Gasteiger partial charge in [0.15, 0.2) is 0 Å². The van der Waals surface area contributed by atoms with E-state index in [1.165, 1.54) is 17.2 Å². The highest BCUT2D eigenvalue weighted by molar-refractivity contribution is 7.86. The number of halogens is 1. The second-order valence-electron chi connectivity index (χ2n) is 6.27. The molecule has 0 atom stereocenters. The molecule has 0 spiro atoms. The third kappa shape index (κ3) is 9.02. The van der Waals surface area contributed by atoms with Crippen LogP contribution in [0.15, 0.2) is 41.0 Å². The van der Waals surface area contributed by atoms with Crippen LogP contribution in [0.25, 0.3) is 0 Å². The van der Waals surface area contributed by atoms with E-state index in [0.29, 0.717) is 0 Å². The van der Waals surface area contributed by atoms with Crippen molar-refractivity contribution < 1.29 is 31.3 Å². The third-order valence-corrected chi connectivity index (χ3v) is 4.67. The van der Waals surface area contributed by atoms with Crippen molar-refractivity contribution >= 4 is 39.3 Å². The Bertz CT molecular complexity index is 920. The van der Waals surface area contributed by atoms with Gasteiger partial charge in [0.2, 0.25) is 5.91 Å². The lowest BCUT2D eigenvalue weighted by Crippen LogP contribution is -2.38. The van der Waals surface area contributed by atoms with Gasteiger partial charge in [-0.05, 0) is 37.0 Å². The number of anilines is 1. The summed E-state index contributed by atoms with van der Waals surface area (Å²) >= 11 is 5.70. The van der Waals surface area contributed by atoms with Gasteiger partial charge in [-0.15, -0.1) is 11.6 Å². The zero-order valence-electron chi connectivity index (χ0n) is 18.1. The summed E-state index contributed by atoms with van der Waals surface area (Å²) in [7, 11) is -3.44. The maximum atomic E-state index is 12.2. The first-order valence-corrected chi connectivity index (χ1v) is 12.1. The van der Waals surface area contributed by atoms with Crippen LogP contribution in [0.3, 0.4) is 0 Å². The molecule has 0 fully saturated rings. The van der Waals surface area contributed by atoms with E-state index in [2.05, 4.69) is 8.60 Å². The molecule has 2 rings (SSSR count). The summed E-state index contributed by atoms with van der Waals surface area (Å²) in [6.07, 6.45) is 3.84. The lowest BCUT2D eigenvalue weighted by molar-refractivity contribution is -0.142. The number of para-hydroxylation sites is 1. The van der Waals surface area contributed by atoms with E-state index < -0.39 is 16.1 Å². The molecule has 172 valence electrons. The first-order valence-electron chi connectivity index (χ1n) is 9.72. The molecule has 1 aromatic carbocycles. The first-order chi connectivity index (χ1) is 14.7. The third-order valence-electron chi connectivity index (χ3n) is 3.97. The standard InChI is InChI=1S/C16H22ClNO3.C5H6O4S/c1-4-12-8-7-9-13(5-2)16(12)18(14(19)10-17)11-15(20)21-6-3;1-10(6,7)9-5-3-2-4-8-5/h7-9H,4-6,10-11H2,1-3H3;2-4H,1H3. The molecule has 0 aliphatic rings. The minimum atomic E-state index is -3.44. The molecular formula is C21H28ClNO7S. The number of carbonyl (C=O) groups is 2. The van der Waals surface area contributed by atoms with E-state index >= 15 is 0 Å². The molecular weight excluding hydrogens is 446 g/mol. The Morgan fingerprint density at radius 1 is 1.06 bits per heavy atom. The number of hydrogen-bond donors (Lipinski definition) is 0. The fraction of sp³-hybridized carbons (Fsp3) is 0.429. The number of benzene rings is 1. The van der Waals surface area contributed by atoms with Crippen molar-refractivity contribution in [3.8, 4) is 5.95 Å². The second-order valence-corrected chi connectivity index (χ2v) is 8.11. The fourth-order valence-electron chi connectivity index (χ4n) is 2.72. The smallest absolute Gasteiger partial charge is 0.326 e. The van der Waals surface area contributed by atoms with Crippen LogP contribution < -0.4 is 9.08 Å². The van der Waals surface area contributed by atoms with Gasteiger partial charge in [0.1, 0.15) is 12.4 Å². The van der Waals surface area contributed by atoms with Gasteiger partial charge in [0.25, 0.3) is 0 Å². The summed E-state index contributed by atoms with van der Waals surface area (Å²) in [6, 6.07) is 8.86. The predicted octanol–water partition coefficient (Wildman–Crippen LogP) is 3.56. The Morgan fingerprint density at radius 3 is 2.10 bits per heavy atom. The topological polar surface area (TPSA) is 103 Å². The molecule has 0 saturated heterocycles. The van der Waals surface area contributed by atoms with Gasteiger partial charge in [-0.2, -0.15) is 8.42 Å². The Morgan fingerprint density at radius 2 is 1.68 bits per heavy atom. The summed E-state index contributed by atoms with van der Waals surface area (Å²) in [5, 5.41) is 0. The molecule has 31 heavy (non-hydrogen) atoms. The summed E-state index contributed by atoms with van der Waals surface area (Å²) < 4.78 is 34.7. The summed E-state index contributed by atoms with van der Waals surface area (Å²) in [5.74, 6) is -0.896. The van der Waals surface area contributed by atoms with Crippen LogP contribution in [0.5, 0.6) is 5.95 Å². The van der Waals surface area contributed by atoms with Crippen LogP contribution >= 0.6 is 11.6 Å². The minimum absolute atomic E-state index is 0.0116. The van der Waals surface area contributed by atoms with Crippen molar-refractivity contribution in [2.24, 2.45) is 0 Å². The number of esters is 1. The van der Waals surface area contributed by atoms with Crippen molar-refractivity contribution in [3.05, 3.63) is 47.7 Å². The van der Waals surface area contributed by atoms with Crippen molar-refractivity contribution in [2.45, 2.75) is 33.6 Å². The molecule has 0 unspecified atom stereocenters. The molecule has 0 bridgehead atoms. The van der Waals surface area contributed by atoms with Gasteiger partial charge < -0.3 is 13.3 Å². The summed E-state index contributed by atoms with van der Waals surface area (Å²) in [6.45, 7) is 5.96. The highest BCUT2D eigenvalue weighted by Crippen LogP contribution is 2.27. The number of rotatable bonds is 9. The number of furan rings is 1. The number of aryl methyl sites for hydroxylation is 2. The number of amides is 1. The van der Waals surface area contributed by atoms with E-state index in [4.69, 9.17) is 16.3 Å². The van der Waals surface area contributed by atoms with Gasteiger partial charge in [0, 0.05) is 6.07 Å². The molecule has 0 N–H and O–H groups in total. The average Bonchev–Trinajstić information content (AvgIpc) is 3.22. The van der Waals surface area contributed by atoms with Crippen LogP contribution in [0.1, 0.15) is 31.9 Å². The van der Waals surface area contributed by atoms with Crippen molar-refractivity contribution in [2.75, 3.05) is 30.2 Å². The van der Waals surface area contributed by atoms with Crippen molar-refractivity contribution in [1.82, 2.24) is 0 Å². The van der Waals surface area contributed by atoms with Crippen LogP contribution in [0, 0.1) is 0 Å². The normalized spacial score (nSPS) is 10.6. The van der Waals surface area contributed by atoms with Crippen LogP contribution in [-0.4, -0.2) is 45.6 Å². The number of nitrogens with zero attached hydrogens (tertiary/aromatic N) is 1. The zero-order chi connectivity index (χ0) is 23.4. The minimum Gasteiger partial charge on any atom is -0.465 e. The second kappa shape index (κ2) is 13.0. The molecule has 0 saturated carbocycles. The number of hydrogen-bond acceptors (Lipinski definition) is 7. The monoisotopic (exact) mass is 473 g/mol. The van der Waals surface area contributed by atoms with Gasteiger partial charge in [-0.25, -0.2) is 0 Å². The van der Waals surface area contributed by atoms with Crippen LogP contribution in [0.2, 0.25) is 0 Å². The maximum Gasteiger partial charge on any atom is 0.326 e. The molecule has 0 aliphatic carbocycles. The highest BCUT2D eigenvalue weighted by Gasteiger charge is 2.23. The van der Waals surface area contributed by atoms with E-state index in [9.17, 15) is 18.0 Å². The van der Waals surface area contributed by atoms with Crippen LogP contribution in [-0.2, 0) is 37.3 Å². The molecule has 2 aromatic rings. The summed E-state index contributed by atoms with van der Waals surface area (Å²) in [5.41, 5.74) is 2.84. The number of ether oxygens (including phenoxy) is 1. The molecule has 10 heteroatoms. The Labute approximate surface area is 188 Å². The van der Waals surface area contributed by atoms with Crippen LogP contribution in [0.4, 0.5) is 5.69 Å². The van der Waals surface area contributed by atoms with Gasteiger partial charge in [0.05, 0.1) is 24.8 Å². The van der Waals surface area contributed by atoms with Gasteiger partial charge >= 0.3 is 22.0 Å². The number of carbonyl (C=O) groups excluding carboxylic acids is 2. The average molecular weight is 474 g/mol. The SMILES string of the molecule is CCOC(=O)CN(C(=O)CCl)c1c(CC)cccc1CC.CS(=O)(=O)Oc1ccco1. The van der Waals surface area contributed by atoms with E-state index in [-0.39, 0.29) is 30.9 Å². The lowest BCUT2D eigenvalue weighted by atomic mass is 10.0. The van der Waals surface area contributed by atoms with Gasteiger partial charge in [-0.1, -0.05) is 32.0 Å². The van der Waals surface area contributed by atoms with Gasteiger partial charge in [-0.3, -0.25) is 14.5 Å². The Kier molecular flexibility index (Phi) is 11.1. The molecule has 1 heterocycles. The zero-order valence-corrected chi connectivity index (χ0v) is 19.7. The maximum absolute atomic E-state index is 12.2. The first kappa shape index (κ1) is 26.5. The molecule has 1 aromatic heterocycles. The lowest BCUT2D eigenvalue weighted by Gasteiger charge is -2.26. The Hall–Kier alpha value is -2.52. The number of alkyl halides is 1.